The number of hydrogen-bond donors (Lipinski definition) is 2. The number of aromatic nitrogens is 2. The van der Waals surface area contributed by atoms with Crippen LogP contribution in [0.2, 0.25) is 0 Å². The molecule has 36 heavy (non-hydrogen) atoms. The highest BCUT2D eigenvalue weighted by Gasteiger charge is 2.54. The third-order valence-corrected chi connectivity index (χ3v) is 6.00. The first-order valence-corrected chi connectivity index (χ1v) is 11.4. The van der Waals surface area contributed by atoms with Gasteiger partial charge < -0.3 is 9.73 Å². The first-order valence-electron chi connectivity index (χ1n) is 11.4. The van der Waals surface area contributed by atoms with Gasteiger partial charge in [-0.1, -0.05) is 78.4 Å². The largest absolute Gasteiger partial charge is 0.421 e. The van der Waals surface area contributed by atoms with Crippen molar-refractivity contribution in [2.75, 3.05) is 0 Å². The zero-order valence-corrected chi connectivity index (χ0v) is 19.5. The lowest BCUT2D eigenvalue weighted by Crippen LogP contribution is -2.49. The average molecular weight is 482 g/mol. The van der Waals surface area contributed by atoms with E-state index in [4.69, 9.17) is 4.42 Å². The average Bonchev–Trinajstić information content (AvgIpc) is 3.48. The van der Waals surface area contributed by atoms with Gasteiger partial charge in [-0.15, -0.1) is 10.2 Å². The molecular weight excluding hydrogens is 458 g/mol. The number of nitrogens with zero attached hydrogens (tertiary/aromatic N) is 3. The lowest BCUT2D eigenvalue weighted by molar-refractivity contribution is -0.138. The molecule has 2 heterocycles. The maximum atomic E-state index is 13.6. The van der Waals surface area contributed by atoms with Crippen molar-refractivity contribution < 1.29 is 18.8 Å². The third kappa shape index (κ3) is 4.22. The molecule has 0 unspecified atom stereocenters. The van der Waals surface area contributed by atoms with Crippen molar-refractivity contribution in [3.05, 3.63) is 108 Å². The Kier molecular flexibility index (Phi) is 6.03. The van der Waals surface area contributed by atoms with Crippen molar-refractivity contribution in [3.8, 4) is 11.5 Å². The number of nitrogens with one attached hydrogen (secondary N) is 2. The van der Waals surface area contributed by atoms with Gasteiger partial charge in [0.25, 0.3) is 5.91 Å². The molecule has 1 aromatic heterocycles. The lowest BCUT2D eigenvalue weighted by Gasteiger charge is -2.27. The number of urea groups is 1. The summed E-state index contributed by atoms with van der Waals surface area (Å²) in [5, 5.41) is 11.5. The van der Waals surface area contributed by atoms with Gasteiger partial charge in [-0.2, -0.15) is 5.01 Å². The Labute approximate surface area is 207 Å². The molecule has 1 aliphatic rings. The van der Waals surface area contributed by atoms with Crippen LogP contribution in [0.25, 0.3) is 11.5 Å². The summed E-state index contributed by atoms with van der Waals surface area (Å²) in [5.74, 6) is -0.501. The monoisotopic (exact) mass is 481 g/mol. The van der Waals surface area contributed by atoms with Crippen molar-refractivity contribution >= 4 is 17.8 Å². The summed E-state index contributed by atoms with van der Waals surface area (Å²) in [6.07, 6.45) is 0.0904. The van der Waals surface area contributed by atoms with Gasteiger partial charge in [-0.05, 0) is 30.2 Å². The zero-order chi connectivity index (χ0) is 25.1. The highest BCUT2D eigenvalue weighted by atomic mass is 16.4. The zero-order valence-electron chi connectivity index (χ0n) is 19.5. The molecule has 0 bridgehead atoms. The Balaban J connectivity index is 1.30. The Morgan fingerprint density at radius 3 is 2.14 bits per heavy atom. The molecule has 1 aliphatic heterocycles. The van der Waals surface area contributed by atoms with Crippen molar-refractivity contribution in [2.24, 2.45) is 0 Å². The molecule has 3 aromatic carbocycles. The van der Waals surface area contributed by atoms with Gasteiger partial charge in [-0.3, -0.25) is 15.0 Å². The number of amides is 4. The smallest absolute Gasteiger partial charge is 0.344 e. The van der Waals surface area contributed by atoms with Crippen LogP contribution in [-0.2, 0) is 21.5 Å². The normalized spacial score (nSPS) is 14.5. The van der Waals surface area contributed by atoms with Gasteiger partial charge >= 0.3 is 6.03 Å². The van der Waals surface area contributed by atoms with Gasteiger partial charge in [0.1, 0.15) is 0 Å². The molecule has 0 radical (unpaired) electrons. The van der Waals surface area contributed by atoms with E-state index in [9.17, 15) is 14.4 Å². The first kappa shape index (κ1) is 23.0. The number of rotatable bonds is 7. The van der Waals surface area contributed by atoms with Gasteiger partial charge in [0.15, 0.2) is 5.54 Å². The summed E-state index contributed by atoms with van der Waals surface area (Å²) in [6, 6.07) is 24.8. The summed E-state index contributed by atoms with van der Waals surface area (Å²) in [6.45, 7) is 1.98. The van der Waals surface area contributed by atoms with Crippen LogP contribution in [0.5, 0.6) is 0 Å². The first-order chi connectivity index (χ1) is 17.5. The van der Waals surface area contributed by atoms with Crippen LogP contribution in [0.1, 0.15) is 29.0 Å². The van der Waals surface area contributed by atoms with Crippen LogP contribution in [0, 0.1) is 6.92 Å². The van der Waals surface area contributed by atoms with E-state index in [2.05, 4.69) is 20.9 Å². The number of imide groups is 1. The second kappa shape index (κ2) is 9.46. The SMILES string of the molecule is Cc1ccc(-c2nnc(CCC(=O)NN3C(=O)NC(c4ccccc4)(c4ccccc4)C3=O)o2)cc1. The van der Waals surface area contributed by atoms with Gasteiger partial charge in [0.05, 0.1) is 0 Å². The molecule has 0 aliphatic carbocycles. The molecule has 0 atom stereocenters. The molecule has 180 valence electrons. The predicted molar refractivity (Wildman–Crippen MR) is 130 cm³/mol. The number of benzene rings is 3. The number of carbonyl (C=O) groups excluding carboxylic acids is 3. The fourth-order valence-corrected chi connectivity index (χ4v) is 4.13. The van der Waals surface area contributed by atoms with E-state index >= 15 is 0 Å². The van der Waals surface area contributed by atoms with Crippen LogP contribution in [0.4, 0.5) is 4.79 Å². The van der Waals surface area contributed by atoms with Crippen molar-refractivity contribution in [1.82, 2.24) is 25.9 Å². The van der Waals surface area contributed by atoms with Gasteiger partial charge in [-0.25, -0.2) is 4.79 Å². The standard InChI is InChI=1S/C27H23N5O4/c1-18-12-14-19(15-13-18)24-30-29-23(36-24)17-16-22(33)31-32-25(34)27(28-26(32)35,20-8-4-2-5-9-20)21-10-6-3-7-11-21/h2-15H,16-17H2,1H3,(H,28,35)(H,31,33). The second-order valence-electron chi connectivity index (χ2n) is 8.45. The Bertz CT molecular complexity index is 1360. The van der Waals surface area contributed by atoms with E-state index in [0.717, 1.165) is 16.1 Å². The molecule has 1 fully saturated rings. The highest BCUT2D eigenvalue weighted by molar-refractivity contribution is 6.10. The van der Waals surface area contributed by atoms with Crippen LogP contribution in [-0.4, -0.2) is 33.1 Å². The van der Waals surface area contributed by atoms with Crippen molar-refractivity contribution in [1.29, 1.82) is 0 Å². The molecule has 5 rings (SSSR count). The van der Waals surface area contributed by atoms with Crippen LogP contribution in [0.15, 0.2) is 89.3 Å². The van der Waals surface area contributed by atoms with E-state index in [-0.39, 0.29) is 18.7 Å². The molecule has 1 saturated heterocycles. The van der Waals surface area contributed by atoms with Crippen molar-refractivity contribution in [3.63, 3.8) is 0 Å². The molecule has 4 amide bonds. The number of hydrogen-bond acceptors (Lipinski definition) is 6. The molecule has 9 heteroatoms. The Morgan fingerprint density at radius 2 is 1.53 bits per heavy atom. The maximum Gasteiger partial charge on any atom is 0.344 e. The van der Waals surface area contributed by atoms with E-state index < -0.39 is 23.4 Å². The fraction of sp³-hybridized carbons (Fsp3) is 0.148. The van der Waals surface area contributed by atoms with E-state index in [1.54, 1.807) is 48.5 Å². The molecular formula is C27H23N5O4. The molecule has 0 saturated carbocycles. The molecule has 4 aromatic rings. The fourth-order valence-electron chi connectivity index (χ4n) is 4.13. The van der Waals surface area contributed by atoms with Gasteiger partial charge in [0, 0.05) is 18.4 Å². The number of hydrazine groups is 1. The third-order valence-electron chi connectivity index (χ3n) is 6.00. The van der Waals surface area contributed by atoms with Gasteiger partial charge in [0.2, 0.25) is 17.7 Å². The minimum absolute atomic E-state index is 0.0593. The lowest BCUT2D eigenvalue weighted by atomic mass is 9.83. The number of aryl methyl sites for hydroxylation is 2. The summed E-state index contributed by atoms with van der Waals surface area (Å²) in [5.41, 5.74) is 4.03. The van der Waals surface area contributed by atoms with E-state index in [0.29, 0.717) is 17.0 Å². The maximum absolute atomic E-state index is 13.6. The van der Waals surface area contributed by atoms with Crippen LogP contribution >= 0.6 is 0 Å². The minimum Gasteiger partial charge on any atom is -0.421 e. The Morgan fingerprint density at radius 1 is 0.917 bits per heavy atom. The van der Waals surface area contributed by atoms with E-state index in [1.165, 1.54) is 0 Å². The Hall–Kier alpha value is -4.79. The predicted octanol–water partition coefficient (Wildman–Crippen LogP) is 3.50. The molecule has 0 spiro atoms. The summed E-state index contributed by atoms with van der Waals surface area (Å²) >= 11 is 0. The minimum atomic E-state index is -1.46. The second-order valence-corrected chi connectivity index (χ2v) is 8.45. The quantitative estimate of drug-likeness (QED) is 0.390. The summed E-state index contributed by atoms with van der Waals surface area (Å²) in [7, 11) is 0. The molecule has 9 nitrogen and oxygen atoms in total. The van der Waals surface area contributed by atoms with Crippen LogP contribution in [0.3, 0.4) is 0 Å². The summed E-state index contributed by atoms with van der Waals surface area (Å²) in [4.78, 5) is 39.2. The van der Waals surface area contributed by atoms with Crippen LogP contribution < -0.4 is 10.7 Å². The van der Waals surface area contributed by atoms with Crippen molar-refractivity contribution in [2.45, 2.75) is 25.3 Å². The van der Waals surface area contributed by atoms with E-state index in [1.807, 2.05) is 43.3 Å². The molecule has 2 N–H and O–H groups in total. The highest BCUT2D eigenvalue weighted by Crippen LogP contribution is 2.35. The summed E-state index contributed by atoms with van der Waals surface area (Å²) < 4.78 is 5.66. The number of carbonyl (C=O) groups is 3. The topological polar surface area (TPSA) is 117 Å².